The Balaban J connectivity index is 1.57. The second-order valence-electron chi connectivity index (χ2n) is 8.35. The average molecular weight is 403 g/mol. The van der Waals surface area contributed by atoms with Crippen LogP contribution in [-0.2, 0) is 25.7 Å². The highest BCUT2D eigenvalue weighted by Gasteiger charge is 2.76. The first kappa shape index (κ1) is 19.0. The predicted molar refractivity (Wildman–Crippen MR) is 103 cm³/mol. The minimum absolute atomic E-state index is 0.0254. The second-order valence-corrected chi connectivity index (χ2v) is 8.71. The number of ether oxygens (including phenoxy) is 2. The van der Waals surface area contributed by atoms with Gasteiger partial charge in [-0.15, -0.1) is 0 Å². The zero-order valence-electron chi connectivity index (χ0n) is 16.4. The minimum atomic E-state index is -1.24. The van der Waals surface area contributed by atoms with E-state index in [2.05, 4.69) is 5.10 Å². The number of carbonyl (C=O) groups is 2. The van der Waals surface area contributed by atoms with E-state index in [1.165, 1.54) is 0 Å². The third kappa shape index (κ3) is 2.30. The molecule has 2 atom stereocenters. The van der Waals surface area contributed by atoms with Crippen molar-refractivity contribution in [3.63, 3.8) is 0 Å². The molecule has 2 bridgehead atoms. The van der Waals surface area contributed by atoms with Crippen LogP contribution in [0.1, 0.15) is 44.9 Å². The molecule has 28 heavy (non-hydrogen) atoms. The number of rotatable bonds is 4. The Labute approximate surface area is 168 Å². The lowest BCUT2D eigenvalue weighted by molar-refractivity contribution is -0.184. The molecule has 0 spiro atoms. The summed E-state index contributed by atoms with van der Waals surface area (Å²) < 4.78 is 12.8. The van der Waals surface area contributed by atoms with Gasteiger partial charge in [-0.3, -0.25) is 4.79 Å². The molecule has 0 radical (unpaired) electrons. The molecule has 0 N–H and O–H groups in total. The number of hydrogen-bond acceptors (Lipinski definition) is 5. The summed E-state index contributed by atoms with van der Waals surface area (Å²) in [4.78, 5) is 25.4. The highest BCUT2D eigenvalue weighted by molar-refractivity contribution is 6.30. The van der Waals surface area contributed by atoms with Gasteiger partial charge in [-0.25, -0.2) is 9.48 Å². The molecule has 0 amide bonds. The molecule has 2 heterocycles. The van der Waals surface area contributed by atoms with Crippen LogP contribution < -0.4 is 0 Å². The quantitative estimate of drug-likeness (QED) is 0.723. The van der Waals surface area contributed by atoms with Crippen molar-refractivity contribution in [2.75, 3.05) is 0 Å². The average Bonchev–Trinajstić information content (AvgIpc) is 3.12. The number of halogens is 1. The molecule has 2 unspecified atom stereocenters. The highest BCUT2D eigenvalue weighted by Crippen LogP contribution is 2.65. The lowest BCUT2D eigenvalue weighted by Gasteiger charge is -2.34. The Morgan fingerprint density at radius 2 is 1.93 bits per heavy atom. The van der Waals surface area contributed by atoms with Gasteiger partial charge in [-0.1, -0.05) is 43.6 Å². The summed E-state index contributed by atoms with van der Waals surface area (Å²) in [7, 11) is 0. The fraction of sp³-hybridized carbons (Fsp3) is 0.476. The van der Waals surface area contributed by atoms with Gasteiger partial charge in [-0.2, -0.15) is 5.10 Å². The Bertz CT molecular complexity index is 968. The maximum atomic E-state index is 13.0. The smallest absolute Gasteiger partial charge is 0.351 e. The molecule has 7 heteroatoms. The third-order valence-corrected chi connectivity index (χ3v) is 7.27. The van der Waals surface area contributed by atoms with Gasteiger partial charge in [0.1, 0.15) is 11.8 Å². The van der Waals surface area contributed by atoms with E-state index in [9.17, 15) is 9.59 Å². The van der Waals surface area contributed by atoms with E-state index in [1.54, 1.807) is 4.68 Å². The molecule has 1 aromatic carbocycles. The summed E-state index contributed by atoms with van der Waals surface area (Å²) in [6.45, 7) is 7.46. The van der Waals surface area contributed by atoms with Crippen molar-refractivity contribution in [2.45, 2.75) is 52.7 Å². The standard InChI is InChI=1S/C21H23ClN2O4/c1-13-15(16(22)24(23-13)14-8-6-5-7-9-14)12-27-18(26)21-11-10-20(4,17(25)28-21)19(21,2)3/h5-9H,10-12H2,1-4H3. The van der Waals surface area contributed by atoms with E-state index in [-0.39, 0.29) is 12.6 Å². The largest absolute Gasteiger partial charge is 0.458 e. The molecule has 1 saturated heterocycles. The van der Waals surface area contributed by atoms with Crippen LogP contribution in [0.15, 0.2) is 30.3 Å². The van der Waals surface area contributed by atoms with Gasteiger partial charge in [0.2, 0.25) is 5.60 Å². The number of fused-ring (bicyclic) bond motifs is 2. The summed E-state index contributed by atoms with van der Waals surface area (Å²) in [5.74, 6) is -0.846. The van der Waals surface area contributed by atoms with Crippen LogP contribution in [0, 0.1) is 17.8 Å². The zero-order chi connectivity index (χ0) is 20.3. The van der Waals surface area contributed by atoms with Gasteiger partial charge >= 0.3 is 11.9 Å². The summed E-state index contributed by atoms with van der Waals surface area (Å²) in [6.07, 6.45) is 1.08. The van der Waals surface area contributed by atoms with E-state index in [4.69, 9.17) is 21.1 Å². The normalized spacial score (nSPS) is 27.7. The van der Waals surface area contributed by atoms with Gasteiger partial charge in [0, 0.05) is 11.0 Å². The number of para-hydroxylation sites is 1. The highest BCUT2D eigenvalue weighted by atomic mass is 35.5. The minimum Gasteiger partial charge on any atom is -0.458 e. The molecule has 6 nitrogen and oxygen atoms in total. The Morgan fingerprint density at radius 1 is 1.25 bits per heavy atom. The maximum absolute atomic E-state index is 13.0. The number of benzene rings is 1. The second kappa shape index (κ2) is 6.08. The predicted octanol–water partition coefficient (Wildman–Crippen LogP) is 4.00. The van der Waals surface area contributed by atoms with Crippen LogP contribution >= 0.6 is 11.6 Å². The number of hydrogen-bond donors (Lipinski definition) is 0. The Morgan fingerprint density at radius 3 is 2.50 bits per heavy atom. The van der Waals surface area contributed by atoms with Crippen molar-refractivity contribution in [3.8, 4) is 5.69 Å². The third-order valence-electron chi connectivity index (χ3n) is 6.88. The lowest BCUT2D eigenvalue weighted by Crippen LogP contribution is -2.48. The molecular formula is C21H23ClN2O4. The number of carbonyl (C=O) groups excluding carboxylic acids is 2. The number of aromatic nitrogens is 2. The van der Waals surface area contributed by atoms with Crippen LogP contribution in [-0.4, -0.2) is 27.3 Å². The number of aryl methyl sites for hydroxylation is 1. The maximum Gasteiger partial charge on any atom is 0.351 e. The van der Waals surface area contributed by atoms with E-state index in [1.807, 2.05) is 58.0 Å². The summed E-state index contributed by atoms with van der Waals surface area (Å²) in [5.41, 5.74) is -0.409. The van der Waals surface area contributed by atoms with Crippen molar-refractivity contribution in [2.24, 2.45) is 10.8 Å². The lowest BCUT2D eigenvalue weighted by atomic mass is 9.66. The molecule has 4 rings (SSSR count). The molecule has 148 valence electrons. The fourth-order valence-electron chi connectivity index (χ4n) is 4.39. The summed E-state index contributed by atoms with van der Waals surface area (Å²) in [5, 5.41) is 4.86. The fourth-order valence-corrected chi connectivity index (χ4v) is 4.72. The van der Waals surface area contributed by atoms with E-state index >= 15 is 0 Å². The van der Waals surface area contributed by atoms with Crippen molar-refractivity contribution >= 4 is 23.5 Å². The molecule has 1 aromatic heterocycles. The SMILES string of the molecule is Cc1nn(-c2ccccc2)c(Cl)c1COC(=O)C12CCC(C)(C(=O)O1)C2(C)C. The summed E-state index contributed by atoms with van der Waals surface area (Å²) >= 11 is 6.51. The van der Waals surface area contributed by atoms with E-state index in [0.29, 0.717) is 29.3 Å². The van der Waals surface area contributed by atoms with Crippen LogP contribution in [0.5, 0.6) is 0 Å². The first-order chi connectivity index (χ1) is 13.1. The van der Waals surface area contributed by atoms with Crippen molar-refractivity contribution in [1.82, 2.24) is 9.78 Å². The molecule has 2 aromatic rings. The number of esters is 2. The Hall–Kier alpha value is -2.34. The molecule has 1 aliphatic carbocycles. The van der Waals surface area contributed by atoms with Crippen molar-refractivity contribution < 1.29 is 19.1 Å². The van der Waals surface area contributed by atoms with Gasteiger partial charge in [0.25, 0.3) is 0 Å². The molecule has 1 saturated carbocycles. The topological polar surface area (TPSA) is 70.4 Å². The van der Waals surface area contributed by atoms with Crippen LogP contribution in [0.25, 0.3) is 5.69 Å². The molecular weight excluding hydrogens is 380 g/mol. The monoisotopic (exact) mass is 402 g/mol. The van der Waals surface area contributed by atoms with Crippen molar-refractivity contribution in [1.29, 1.82) is 0 Å². The van der Waals surface area contributed by atoms with Crippen LogP contribution in [0.4, 0.5) is 0 Å². The molecule has 2 aliphatic rings. The van der Waals surface area contributed by atoms with Crippen LogP contribution in [0.3, 0.4) is 0 Å². The van der Waals surface area contributed by atoms with Gasteiger partial charge in [-0.05, 0) is 38.8 Å². The van der Waals surface area contributed by atoms with Gasteiger partial charge in [0.05, 0.1) is 16.8 Å². The number of nitrogens with zero attached hydrogens (tertiary/aromatic N) is 2. The van der Waals surface area contributed by atoms with Gasteiger partial charge < -0.3 is 9.47 Å². The Kier molecular flexibility index (Phi) is 4.12. The summed E-state index contributed by atoms with van der Waals surface area (Å²) in [6, 6.07) is 9.50. The van der Waals surface area contributed by atoms with E-state index in [0.717, 1.165) is 5.69 Å². The molecule has 2 fully saturated rings. The van der Waals surface area contributed by atoms with Gasteiger partial charge in [0.15, 0.2) is 0 Å². The van der Waals surface area contributed by atoms with Crippen molar-refractivity contribution in [3.05, 3.63) is 46.7 Å². The van der Waals surface area contributed by atoms with Crippen LogP contribution in [0.2, 0.25) is 5.15 Å². The first-order valence-electron chi connectivity index (χ1n) is 9.34. The van der Waals surface area contributed by atoms with E-state index < -0.39 is 22.4 Å². The first-order valence-corrected chi connectivity index (χ1v) is 9.72. The zero-order valence-corrected chi connectivity index (χ0v) is 17.2. The molecule has 1 aliphatic heterocycles.